The molecule has 3 aromatic carbocycles. The van der Waals surface area contributed by atoms with Crippen LogP contribution in [0.3, 0.4) is 0 Å². The fraction of sp³-hybridized carbons (Fsp3) is 0.0714. The van der Waals surface area contributed by atoms with Gasteiger partial charge < -0.3 is 0 Å². The van der Waals surface area contributed by atoms with Gasteiger partial charge in [0.15, 0.2) is 17.5 Å². The van der Waals surface area contributed by atoms with Gasteiger partial charge in [-0.3, -0.25) is 4.98 Å². The third kappa shape index (κ3) is 3.91. The maximum absolute atomic E-state index is 4.84. The molecule has 5 rings (SSSR count). The van der Waals surface area contributed by atoms with E-state index in [9.17, 15) is 0 Å². The number of nitrogens with zero attached hydrogens (tertiary/aromatic N) is 4. The number of aryl methyl sites for hydroxylation is 2. The molecule has 0 radical (unpaired) electrons. The lowest BCUT2D eigenvalue weighted by Crippen LogP contribution is -2.00. The molecule has 0 spiro atoms. The molecule has 0 N–H and O–H groups in total. The third-order valence-electron chi connectivity index (χ3n) is 5.46. The summed E-state index contributed by atoms with van der Waals surface area (Å²) in [6.45, 7) is 4.15. The first-order valence-corrected chi connectivity index (χ1v) is 10.6. The van der Waals surface area contributed by atoms with E-state index in [1.54, 1.807) is 0 Å². The topological polar surface area (TPSA) is 51.6 Å². The van der Waals surface area contributed by atoms with Crippen molar-refractivity contribution in [3.8, 4) is 45.3 Å². The molecule has 0 bridgehead atoms. The van der Waals surface area contributed by atoms with Crippen molar-refractivity contribution in [1.82, 2.24) is 19.9 Å². The second-order valence-electron chi connectivity index (χ2n) is 7.71. The number of pyridine rings is 1. The Bertz CT molecular complexity index is 1300. The molecular weight excluding hydrogens is 392 g/mol. The van der Waals surface area contributed by atoms with Crippen LogP contribution >= 0.6 is 0 Å². The first kappa shape index (κ1) is 19.8. The zero-order chi connectivity index (χ0) is 21.9. The second-order valence-corrected chi connectivity index (χ2v) is 7.71. The standard InChI is InChI=1S/C28H22N4/c1-19-16-17-29-20(2)25(19)23-14-9-15-24(18-23)28-31-26(21-10-5-3-6-11-21)30-27(32-28)22-12-7-4-8-13-22/h3-18H,1-2H3. The van der Waals surface area contributed by atoms with Crippen molar-refractivity contribution in [2.45, 2.75) is 13.8 Å². The van der Waals surface area contributed by atoms with Crippen molar-refractivity contribution in [3.05, 3.63) is 108 Å². The fourth-order valence-corrected chi connectivity index (χ4v) is 3.88. The molecule has 0 saturated carbocycles. The fourth-order valence-electron chi connectivity index (χ4n) is 3.88. The van der Waals surface area contributed by atoms with E-state index < -0.39 is 0 Å². The van der Waals surface area contributed by atoms with Crippen LogP contribution in [-0.4, -0.2) is 19.9 Å². The average molecular weight is 415 g/mol. The smallest absolute Gasteiger partial charge is 0.164 e. The van der Waals surface area contributed by atoms with Gasteiger partial charge in [0.05, 0.1) is 0 Å². The predicted octanol–water partition coefficient (Wildman–Crippen LogP) is 6.55. The van der Waals surface area contributed by atoms with E-state index in [-0.39, 0.29) is 0 Å². The molecule has 4 nitrogen and oxygen atoms in total. The van der Waals surface area contributed by atoms with Crippen molar-refractivity contribution >= 4 is 0 Å². The molecule has 0 atom stereocenters. The minimum atomic E-state index is 0.652. The van der Waals surface area contributed by atoms with Crippen molar-refractivity contribution < 1.29 is 0 Å². The second kappa shape index (κ2) is 8.52. The monoisotopic (exact) mass is 414 g/mol. The molecule has 0 unspecified atom stereocenters. The first-order valence-electron chi connectivity index (χ1n) is 10.6. The number of rotatable bonds is 4. The summed E-state index contributed by atoms with van der Waals surface area (Å²) in [4.78, 5) is 18.9. The summed E-state index contributed by atoms with van der Waals surface area (Å²) >= 11 is 0. The van der Waals surface area contributed by atoms with Gasteiger partial charge in [-0.1, -0.05) is 78.9 Å². The van der Waals surface area contributed by atoms with Crippen LogP contribution in [0.25, 0.3) is 45.3 Å². The maximum atomic E-state index is 4.84. The largest absolute Gasteiger partial charge is 0.261 e. The van der Waals surface area contributed by atoms with Crippen LogP contribution < -0.4 is 0 Å². The number of hydrogen-bond acceptors (Lipinski definition) is 4. The van der Waals surface area contributed by atoms with Gasteiger partial charge >= 0.3 is 0 Å². The first-order chi connectivity index (χ1) is 15.7. The third-order valence-corrected chi connectivity index (χ3v) is 5.46. The van der Waals surface area contributed by atoms with Crippen molar-refractivity contribution in [2.24, 2.45) is 0 Å². The van der Waals surface area contributed by atoms with Crippen LogP contribution in [0.2, 0.25) is 0 Å². The molecule has 0 amide bonds. The van der Waals surface area contributed by atoms with Crippen LogP contribution in [0.5, 0.6) is 0 Å². The summed E-state index contributed by atoms with van der Waals surface area (Å²) in [5.74, 6) is 1.97. The Morgan fingerprint density at radius 1 is 0.500 bits per heavy atom. The number of hydrogen-bond donors (Lipinski definition) is 0. The van der Waals surface area contributed by atoms with Crippen LogP contribution in [0.15, 0.2) is 97.2 Å². The van der Waals surface area contributed by atoms with Gasteiger partial charge in [-0.2, -0.15) is 0 Å². The van der Waals surface area contributed by atoms with E-state index in [0.717, 1.165) is 33.5 Å². The molecular formula is C28H22N4. The van der Waals surface area contributed by atoms with Crippen molar-refractivity contribution in [1.29, 1.82) is 0 Å². The highest BCUT2D eigenvalue weighted by Crippen LogP contribution is 2.30. The molecule has 2 aromatic heterocycles. The Kier molecular flexibility index (Phi) is 5.26. The van der Waals surface area contributed by atoms with Crippen molar-refractivity contribution in [3.63, 3.8) is 0 Å². The summed E-state index contributed by atoms with van der Waals surface area (Å²) in [7, 11) is 0. The van der Waals surface area contributed by atoms with E-state index in [0.29, 0.717) is 17.5 Å². The minimum Gasteiger partial charge on any atom is -0.261 e. The van der Waals surface area contributed by atoms with Gasteiger partial charge in [0, 0.05) is 34.1 Å². The van der Waals surface area contributed by atoms with Crippen LogP contribution in [-0.2, 0) is 0 Å². The van der Waals surface area contributed by atoms with Crippen LogP contribution in [0.1, 0.15) is 11.3 Å². The molecule has 154 valence electrons. The quantitative estimate of drug-likeness (QED) is 0.334. The Balaban J connectivity index is 1.68. The molecule has 0 aliphatic heterocycles. The molecule has 0 aliphatic rings. The number of aromatic nitrogens is 4. The molecule has 5 aromatic rings. The maximum Gasteiger partial charge on any atom is 0.164 e. The summed E-state index contributed by atoms with van der Waals surface area (Å²) < 4.78 is 0. The molecule has 0 saturated heterocycles. The molecule has 2 heterocycles. The zero-order valence-corrected chi connectivity index (χ0v) is 18.0. The van der Waals surface area contributed by atoms with Crippen LogP contribution in [0.4, 0.5) is 0 Å². The Labute approximate surface area is 187 Å². The lowest BCUT2D eigenvalue weighted by Gasteiger charge is -2.12. The van der Waals surface area contributed by atoms with Gasteiger partial charge in [-0.15, -0.1) is 0 Å². The SMILES string of the molecule is Cc1ccnc(C)c1-c1cccc(-c2nc(-c3ccccc3)nc(-c3ccccc3)n2)c1. The van der Waals surface area contributed by atoms with E-state index in [1.165, 1.54) is 5.56 Å². The van der Waals surface area contributed by atoms with E-state index in [2.05, 4.69) is 24.0 Å². The highest BCUT2D eigenvalue weighted by molar-refractivity contribution is 5.75. The Morgan fingerprint density at radius 2 is 1.00 bits per heavy atom. The molecule has 0 aliphatic carbocycles. The van der Waals surface area contributed by atoms with Gasteiger partial charge in [0.25, 0.3) is 0 Å². The highest BCUT2D eigenvalue weighted by atomic mass is 15.0. The average Bonchev–Trinajstić information content (AvgIpc) is 2.85. The Hall–Kier alpha value is -4.18. The van der Waals surface area contributed by atoms with E-state index >= 15 is 0 Å². The summed E-state index contributed by atoms with van der Waals surface area (Å²) in [6.07, 6.45) is 1.85. The van der Waals surface area contributed by atoms with Crippen molar-refractivity contribution in [2.75, 3.05) is 0 Å². The lowest BCUT2D eigenvalue weighted by atomic mass is 9.98. The lowest BCUT2D eigenvalue weighted by molar-refractivity contribution is 1.07. The van der Waals surface area contributed by atoms with Crippen LogP contribution in [0, 0.1) is 13.8 Å². The van der Waals surface area contributed by atoms with E-state index in [4.69, 9.17) is 15.0 Å². The predicted molar refractivity (Wildman–Crippen MR) is 129 cm³/mol. The molecule has 0 fully saturated rings. The zero-order valence-electron chi connectivity index (χ0n) is 18.0. The summed E-state index contributed by atoms with van der Waals surface area (Å²) in [6, 6.07) is 30.4. The summed E-state index contributed by atoms with van der Waals surface area (Å²) in [5, 5.41) is 0. The normalized spacial score (nSPS) is 10.8. The number of benzene rings is 3. The van der Waals surface area contributed by atoms with E-state index in [1.807, 2.05) is 92.0 Å². The minimum absolute atomic E-state index is 0.652. The van der Waals surface area contributed by atoms with Gasteiger partial charge in [-0.05, 0) is 37.1 Å². The summed E-state index contributed by atoms with van der Waals surface area (Å²) in [5.41, 5.74) is 7.32. The molecule has 4 heteroatoms. The Morgan fingerprint density at radius 3 is 1.56 bits per heavy atom. The van der Waals surface area contributed by atoms with Gasteiger partial charge in [0.2, 0.25) is 0 Å². The van der Waals surface area contributed by atoms with Gasteiger partial charge in [-0.25, -0.2) is 15.0 Å². The molecule has 32 heavy (non-hydrogen) atoms. The van der Waals surface area contributed by atoms with Gasteiger partial charge in [0.1, 0.15) is 0 Å². The highest BCUT2D eigenvalue weighted by Gasteiger charge is 2.13.